The first-order chi connectivity index (χ1) is 13.7. The summed E-state index contributed by atoms with van der Waals surface area (Å²) in [6, 6.07) is 14.0. The lowest BCUT2D eigenvalue weighted by atomic mass is 10.2. The summed E-state index contributed by atoms with van der Waals surface area (Å²) in [5, 5.41) is 5.28. The standard InChI is InChI=1S/C21H22N2O4S2/c1-14(2)27-17-8-6-16(7-9-17)21-23-19(13-28-21)20(24)22-12-15-4-10-18(11-5-15)29(3,25)26/h4-11,13-14H,12H2,1-3H3,(H,22,24). The molecule has 1 aromatic heterocycles. The summed E-state index contributed by atoms with van der Waals surface area (Å²) in [6.07, 6.45) is 1.27. The van der Waals surface area contributed by atoms with Gasteiger partial charge in [0.1, 0.15) is 16.5 Å². The van der Waals surface area contributed by atoms with E-state index in [1.807, 2.05) is 38.1 Å². The number of benzene rings is 2. The number of sulfone groups is 1. The largest absolute Gasteiger partial charge is 0.491 e. The van der Waals surface area contributed by atoms with Crippen LogP contribution in [-0.2, 0) is 16.4 Å². The number of aromatic nitrogens is 1. The van der Waals surface area contributed by atoms with Gasteiger partial charge in [-0.25, -0.2) is 13.4 Å². The van der Waals surface area contributed by atoms with Gasteiger partial charge in [-0.05, 0) is 55.8 Å². The molecule has 0 saturated heterocycles. The van der Waals surface area contributed by atoms with Gasteiger partial charge in [-0.1, -0.05) is 12.1 Å². The fourth-order valence-corrected chi connectivity index (χ4v) is 4.02. The zero-order chi connectivity index (χ0) is 21.0. The van der Waals surface area contributed by atoms with Crippen LogP contribution in [0.2, 0.25) is 0 Å². The van der Waals surface area contributed by atoms with Crippen LogP contribution in [0.3, 0.4) is 0 Å². The first-order valence-electron chi connectivity index (χ1n) is 9.02. The minimum absolute atomic E-state index is 0.110. The van der Waals surface area contributed by atoms with Crippen molar-refractivity contribution in [1.82, 2.24) is 10.3 Å². The molecule has 3 aromatic rings. The maximum atomic E-state index is 12.4. The average molecular weight is 431 g/mol. The molecule has 6 nitrogen and oxygen atoms in total. The van der Waals surface area contributed by atoms with Crippen molar-refractivity contribution in [3.63, 3.8) is 0 Å². The number of ether oxygens (including phenoxy) is 1. The number of thiazole rings is 1. The Balaban J connectivity index is 1.62. The van der Waals surface area contributed by atoms with Crippen molar-refractivity contribution in [3.8, 4) is 16.3 Å². The second-order valence-corrected chi connectivity index (χ2v) is 9.70. The van der Waals surface area contributed by atoms with Gasteiger partial charge < -0.3 is 10.1 Å². The molecule has 0 unspecified atom stereocenters. The molecule has 0 spiro atoms. The van der Waals surface area contributed by atoms with E-state index >= 15 is 0 Å². The maximum Gasteiger partial charge on any atom is 0.271 e. The summed E-state index contributed by atoms with van der Waals surface area (Å²) < 4.78 is 28.6. The Morgan fingerprint density at radius 2 is 1.76 bits per heavy atom. The van der Waals surface area contributed by atoms with Crippen molar-refractivity contribution < 1.29 is 17.9 Å². The van der Waals surface area contributed by atoms with Crippen LogP contribution in [0.5, 0.6) is 5.75 Å². The van der Waals surface area contributed by atoms with Crippen molar-refractivity contribution >= 4 is 27.1 Å². The number of nitrogens with zero attached hydrogens (tertiary/aromatic N) is 1. The van der Waals surface area contributed by atoms with Crippen LogP contribution >= 0.6 is 11.3 Å². The van der Waals surface area contributed by atoms with Gasteiger partial charge in [0.25, 0.3) is 5.91 Å². The van der Waals surface area contributed by atoms with E-state index in [4.69, 9.17) is 4.74 Å². The quantitative estimate of drug-likeness (QED) is 0.614. The van der Waals surface area contributed by atoms with E-state index in [0.29, 0.717) is 5.69 Å². The second kappa shape index (κ2) is 8.75. The van der Waals surface area contributed by atoms with Gasteiger partial charge in [-0.3, -0.25) is 4.79 Å². The smallest absolute Gasteiger partial charge is 0.271 e. The van der Waals surface area contributed by atoms with E-state index in [-0.39, 0.29) is 23.5 Å². The Kier molecular flexibility index (Phi) is 6.34. The van der Waals surface area contributed by atoms with Crippen molar-refractivity contribution in [2.45, 2.75) is 31.4 Å². The molecule has 3 rings (SSSR count). The molecule has 0 radical (unpaired) electrons. The highest BCUT2D eigenvalue weighted by molar-refractivity contribution is 7.90. The molecule has 1 heterocycles. The maximum absolute atomic E-state index is 12.4. The molecular weight excluding hydrogens is 408 g/mol. The zero-order valence-electron chi connectivity index (χ0n) is 16.4. The van der Waals surface area contributed by atoms with E-state index in [9.17, 15) is 13.2 Å². The van der Waals surface area contributed by atoms with Gasteiger partial charge in [0.2, 0.25) is 0 Å². The molecule has 0 fully saturated rings. The first-order valence-corrected chi connectivity index (χ1v) is 11.8. The molecule has 0 aliphatic heterocycles. The van der Waals surface area contributed by atoms with Crippen molar-refractivity contribution in [1.29, 1.82) is 0 Å². The molecule has 1 N–H and O–H groups in total. The van der Waals surface area contributed by atoms with Gasteiger partial charge >= 0.3 is 0 Å². The normalized spacial score (nSPS) is 11.4. The van der Waals surface area contributed by atoms with Crippen molar-refractivity contribution in [2.24, 2.45) is 0 Å². The van der Waals surface area contributed by atoms with Crippen LogP contribution in [0.4, 0.5) is 0 Å². The lowest BCUT2D eigenvalue weighted by Crippen LogP contribution is -2.23. The highest BCUT2D eigenvalue weighted by atomic mass is 32.2. The topological polar surface area (TPSA) is 85.4 Å². The molecule has 0 saturated carbocycles. The fourth-order valence-electron chi connectivity index (χ4n) is 2.59. The SMILES string of the molecule is CC(C)Oc1ccc(-c2nc(C(=O)NCc3ccc(S(C)(=O)=O)cc3)cs2)cc1. The summed E-state index contributed by atoms with van der Waals surface area (Å²) in [7, 11) is -3.23. The van der Waals surface area contributed by atoms with Crippen molar-refractivity contribution in [2.75, 3.05) is 6.26 Å². The monoisotopic (exact) mass is 430 g/mol. The van der Waals surface area contributed by atoms with E-state index in [2.05, 4.69) is 10.3 Å². The Hall–Kier alpha value is -2.71. The predicted molar refractivity (Wildman–Crippen MR) is 114 cm³/mol. The molecule has 0 bridgehead atoms. The fraction of sp³-hybridized carbons (Fsp3) is 0.238. The molecule has 8 heteroatoms. The van der Waals surface area contributed by atoms with E-state index in [1.54, 1.807) is 17.5 Å². The number of carbonyl (C=O) groups is 1. The predicted octanol–water partition coefficient (Wildman–Crippen LogP) is 3.93. The van der Waals surface area contributed by atoms with Crippen LogP contribution in [-0.4, -0.2) is 31.7 Å². The second-order valence-electron chi connectivity index (χ2n) is 6.83. The summed E-state index contributed by atoms with van der Waals surface area (Å²) >= 11 is 1.40. The number of hydrogen-bond acceptors (Lipinski definition) is 6. The number of hydrogen-bond donors (Lipinski definition) is 1. The molecule has 152 valence electrons. The Morgan fingerprint density at radius 1 is 1.10 bits per heavy atom. The number of amides is 1. The summed E-state index contributed by atoms with van der Waals surface area (Å²) in [5.41, 5.74) is 2.07. The zero-order valence-corrected chi connectivity index (χ0v) is 18.0. The van der Waals surface area contributed by atoms with Gasteiger partial charge in [0.05, 0.1) is 11.0 Å². The number of rotatable bonds is 7. The van der Waals surface area contributed by atoms with Gasteiger partial charge in [-0.15, -0.1) is 11.3 Å². The van der Waals surface area contributed by atoms with Gasteiger partial charge in [0.15, 0.2) is 9.84 Å². The molecule has 29 heavy (non-hydrogen) atoms. The molecule has 0 aliphatic carbocycles. The number of carbonyl (C=O) groups excluding carboxylic acids is 1. The highest BCUT2D eigenvalue weighted by Crippen LogP contribution is 2.26. The van der Waals surface area contributed by atoms with Crippen molar-refractivity contribution in [3.05, 3.63) is 65.2 Å². The first kappa shape index (κ1) is 21.0. The van der Waals surface area contributed by atoms with Crippen LogP contribution in [0.25, 0.3) is 10.6 Å². The summed E-state index contributed by atoms with van der Waals surface area (Å²) in [4.78, 5) is 17.0. The minimum atomic E-state index is -3.23. The average Bonchev–Trinajstić information content (AvgIpc) is 3.16. The lowest BCUT2D eigenvalue weighted by molar-refractivity contribution is 0.0946. The lowest BCUT2D eigenvalue weighted by Gasteiger charge is -2.09. The van der Waals surface area contributed by atoms with Gasteiger partial charge in [0, 0.05) is 23.7 Å². The third-order valence-electron chi connectivity index (χ3n) is 4.01. The highest BCUT2D eigenvalue weighted by Gasteiger charge is 2.12. The molecular formula is C21H22N2O4S2. The van der Waals surface area contributed by atoms with Gasteiger partial charge in [-0.2, -0.15) is 0 Å². The van der Waals surface area contributed by atoms with Crippen LogP contribution in [0.1, 0.15) is 29.9 Å². The Labute approximate surface area is 174 Å². The summed E-state index contributed by atoms with van der Waals surface area (Å²) in [6.45, 7) is 4.23. The molecule has 1 amide bonds. The third-order valence-corrected chi connectivity index (χ3v) is 6.03. The Bertz CT molecular complexity index is 1090. The van der Waals surface area contributed by atoms with E-state index in [1.165, 1.54) is 23.5 Å². The summed E-state index contributed by atoms with van der Waals surface area (Å²) in [5.74, 6) is 0.514. The minimum Gasteiger partial charge on any atom is -0.491 e. The molecule has 0 aliphatic rings. The third kappa shape index (κ3) is 5.65. The van der Waals surface area contributed by atoms with Crippen LogP contribution in [0, 0.1) is 0 Å². The van der Waals surface area contributed by atoms with E-state index < -0.39 is 9.84 Å². The van der Waals surface area contributed by atoms with Crippen LogP contribution in [0.15, 0.2) is 58.8 Å². The number of nitrogens with one attached hydrogen (secondary N) is 1. The van der Waals surface area contributed by atoms with Crippen LogP contribution < -0.4 is 10.1 Å². The Morgan fingerprint density at radius 3 is 2.34 bits per heavy atom. The molecule has 2 aromatic carbocycles. The molecule has 0 atom stereocenters. The van der Waals surface area contributed by atoms with E-state index in [0.717, 1.165) is 28.1 Å².